The molecule has 1 N–H and O–H groups in total. The summed E-state index contributed by atoms with van der Waals surface area (Å²) in [5.41, 5.74) is 1.64. The van der Waals surface area contributed by atoms with E-state index >= 15 is 0 Å². The number of amides is 1. The van der Waals surface area contributed by atoms with Crippen LogP contribution in [0.4, 0.5) is 18.9 Å². The van der Waals surface area contributed by atoms with Gasteiger partial charge in [0, 0.05) is 12.6 Å². The predicted octanol–water partition coefficient (Wildman–Crippen LogP) is 4.19. The van der Waals surface area contributed by atoms with Crippen molar-refractivity contribution in [2.75, 3.05) is 18.6 Å². The molecule has 2 aromatic rings. The zero-order valence-corrected chi connectivity index (χ0v) is 15.1. The zero-order chi connectivity index (χ0) is 19.9. The van der Waals surface area contributed by atoms with Crippen molar-refractivity contribution in [2.45, 2.75) is 31.1 Å². The van der Waals surface area contributed by atoms with Crippen LogP contribution >= 0.6 is 0 Å². The summed E-state index contributed by atoms with van der Waals surface area (Å²) in [7, 11) is 1.55. The molecular weight excluding hydrogens is 373 g/mol. The predicted molar refractivity (Wildman–Crippen MR) is 96.8 cm³/mol. The minimum absolute atomic E-state index is 0.290. The van der Waals surface area contributed by atoms with E-state index in [9.17, 15) is 18.0 Å². The fourth-order valence-corrected chi connectivity index (χ4v) is 3.94. The molecule has 2 aliphatic rings. The molecule has 2 aliphatic heterocycles. The van der Waals surface area contributed by atoms with Crippen molar-refractivity contribution >= 4 is 11.6 Å². The number of ether oxygens (including phenoxy) is 2. The molecule has 0 spiro atoms. The van der Waals surface area contributed by atoms with Gasteiger partial charge in [0.25, 0.3) is 0 Å². The van der Waals surface area contributed by atoms with Crippen LogP contribution in [0.1, 0.15) is 24.4 Å². The van der Waals surface area contributed by atoms with Crippen LogP contribution < -0.4 is 19.7 Å². The van der Waals surface area contributed by atoms with Gasteiger partial charge in [-0.1, -0.05) is 18.2 Å². The van der Waals surface area contributed by atoms with Crippen LogP contribution in [-0.4, -0.2) is 31.8 Å². The number of benzene rings is 2. The SMILES string of the molecule is COc1cccc2c1[C@@H]1C[C@@H](NC(=O)C(F)(F)F)CCN1c1ccccc1O2. The van der Waals surface area contributed by atoms with Gasteiger partial charge in [-0.05, 0) is 37.1 Å². The van der Waals surface area contributed by atoms with Gasteiger partial charge in [0.15, 0.2) is 5.75 Å². The first-order valence-corrected chi connectivity index (χ1v) is 8.96. The quantitative estimate of drug-likeness (QED) is 0.833. The number of fused-ring (bicyclic) bond motifs is 5. The Hall–Kier alpha value is -2.90. The Labute approximate surface area is 160 Å². The molecule has 1 fully saturated rings. The smallest absolute Gasteiger partial charge is 0.471 e. The third-order valence-corrected chi connectivity index (χ3v) is 5.17. The number of rotatable bonds is 2. The summed E-state index contributed by atoms with van der Waals surface area (Å²) in [6.07, 6.45) is -4.18. The molecule has 0 saturated carbocycles. The highest BCUT2D eigenvalue weighted by molar-refractivity contribution is 5.82. The van der Waals surface area contributed by atoms with Crippen molar-refractivity contribution < 1.29 is 27.4 Å². The largest absolute Gasteiger partial charge is 0.496 e. The molecule has 0 unspecified atom stereocenters. The Balaban J connectivity index is 1.74. The standard InChI is InChI=1S/C20H19F3N2O3/c1-27-16-7-4-8-17-18(16)14-11-12(24-19(26)20(21,22)23)9-10-25(14)13-5-2-3-6-15(13)28-17/h2-8,12,14H,9-11H2,1H3,(H,24,26)/t12-,14-/m0/s1. The number of halogens is 3. The van der Waals surface area contributed by atoms with E-state index in [1.807, 2.05) is 36.4 Å². The minimum atomic E-state index is -4.90. The van der Waals surface area contributed by atoms with Gasteiger partial charge in [-0.25, -0.2) is 0 Å². The first-order valence-electron chi connectivity index (χ1n) is 8.96. The van der Waals surface area contributed by atoms with Crippen LogP contribution in [0, 0.1) is 0 Å². The summed E-state index contributed by atoms with van der Waals surface area (Å²) < 4.78 is 49.7. The number of hydrogen-bond acceptors (Lipinski definition) is 4. The van der Waals surface area contributed by atoms with E-state index in [4.69, 9.17) is 9.47 Å². The number of anilines is 1. The number of carbonyl (C=O) groups excluding carboxylic acids is 1. The molecule has 1 saturated heterocycles. The monoisotopic (exact) mass is 392 g/mol. The summed E-state index contributed by atoms with van der Waals surface area (Å²) >= 11 is 0. The van der Waals surface area contributed by atoms with Crippen molar-refractivity contribution in [1.82, 2.24) is 5.32 Å². The second-order valence-electron chi connectivity index (χ2n) is 6.84. The number of nitrogens with one attached hydrogen (secondary N) is 1. The van der Waals surface area contributed by atoms with Gasteiger partial charge in [-0.2, -0.15) is 13.2 Å². The molecule has 0 bridgehead atoms. The maximum absolute atomic E-state index is 12.7. The first-order chi connectivity index (χ1) is 13.4. The molecule has 2 aromatic carbocycles. The Morgan fingerprint density at radius 3 is 2.68 bits per heavy atom. The molecule has 2 heterocycles. The Kier molecular flexibility index (Phi) is 4.56. The van der Waals surface area contributed by atoms with Crippen molar-refractivity contribution in [3.8, 4) is 17.2 Å². The molecule has 0 radical (unpaired) electrons. The van der Waals surface area contributed by atoms with E-state index in [0.717, 1.165) is 11.3 Å². The average Bonchev–Trinajstić information content (AvgIpc) is 2.81. The Morgan fingerprint density at radius 2 is 1.93 bits per heavy atom. The average molecular weight is 392 g/mol. The molecular formula is C20H19F3N2O3. The van der Waals surface area contributed by atoms with Crippen LogP contribution in [0.5, 0.6) is 17.2 Å². The third kappa shape index (κ3) is 3.23. The maximum Gasteiger partial charge on any atom is 0.471 e. The normalized spacial score (nSPS) is 20.8. The Bertz CT molecular complexity index is 901. The molecule has 0 aliphatic carbocycles. The van der Waals surface area contributed by atoms with Gasteiger partial charge in [-0.15, -0.1) is 0 Å². The summed E-state index contributed by atoms with van der Waals surface area (Å²) in [6, 6.07) is 12.1. The summed E-state index contributed by atoms with van der Waals surface area (Å²) in [5.74, 6) is -0.0287. The van der Waals surface area contributed by atoms with Crippen LogP contribution in [0.15, 0.2) is 42.5 Å². The van der Waals surface area contributed by atoms with Crippen molar-refractivity contribution in [3.05, 3.63) is 48.0 Å². The molecule has 28 heavy (non-hydrogen) atoms. The lowest BCUT2D eigenvalue weighted by atomic mass is 9.90. The third-order valence-electron chi connectivity index (χ3n) is 5.17. The lowest BCUT2D eigenvalue weighted by Crippen LogP contribution is -2.49. The lowest BCUT2D eigenvalue weighted by molar-refractivity contribution is -0.174. The van der Waals surface area contributed by atoms with Gasteiger partial charge < -0.3 is 19.7 Å². The second kappa shape index (κ2) is 6.92. The van der Waals surface area contributed by atoms with E-state index in [1.165, 1.54) is 0 Å². The van der Waals surface area contributed by atoms with Crippen LogP contribution in [0.25, 0.3) is 0 Å². The van der Waals surface area contributed by atoms with E-state index < -0.39 is 18.1 Å². The van der Waals surface area contributed by atoms with E-state index in [2.05, 4.69) is 10.2 Å². The number of hydrogen-bond donors (Lipinski definition) is 1. The first kappa shape index (κ1) is 18.5. The number of para-hydroxylation sites is 2. The topological polar surface area (TPSA) is 50.8 Å². The van der Waals surface area contributed by atoms with Crippen molar-refractivity contribution in [1.29, 1.82) is 0 Å². The van der Waals surface area contributed by atoms with Crippen LogP contribution in [0.3, 0.4) is 0 Å². The molecule has 5 nitrogen and oxygen atoms in total. The highest BCUT2D eigenvalue weighted by Crippen LogP contribution is 2.50. The van der Waals surface area contributed by atoms with Gasteiger partial charge in [0.05, 0.1) is 24.4 Å². The van der Waals surface area contributed by atoms with E-state index in [0.29, 0.717) is 36.6 Å². The highest BCUT2D eigenvalue weighted by atomic mass is 19.4. The number of alkyl halides is 3. The van der Waals surface area contributed by atoms with Gasteiger partial charge in [-0.3, -0.25) is 4.79 Å². The van der Waals surface area contributed by atoms with Gasteiger partial charge in [0.2, 0.25) is 0 Å². The van der Waals surface area contributed by atoms with E-state index in [1.54, 1.807) is 13.2 Å². The minimum Gasteiger partial charge on any atom is -0.496 e. The maximum atomic E-state index is 12.7. The molecule has 2 atom stereocenters. The number of carbonyl (C=O) groups is 1. The number of methoxy groups -OCH3 is 1. The molecule has 0 aromatic heterocycles. The van der Waals surface area contributed by atoms with Gasteiger partial charge in [0.1, 0.15) is 11.5 Å². The molecule has 148 valence electrons. The highest BCUT2D eigenvalue weighted by Gasteiger charge is 2.42. The van der Waals surface area contributed by atoms with Crippen molar-refractivity contribution in [3.63, 3.8) is 0 Å². The van der Waals surface area contributed by atoms with Crippen molar-refractivity contribution in [2.24, 2.45) is 0 Å². The summed E-state index contributed by atoms with van der Waals surface area (Å²) in [6.45, 7) is 0.478. The van der Waals surface area contributed by atoms with E-state index in [-0.39, 0.29) is 6.04 Å². The Morgan fingerprint density at radius 1 is 1.18 bits per heavy atom. The lowest BCUT2D eigenvalue weighted by Gasteiger charge is -2.40. The fourth-order valence-electron chi connectivity index (χ4n) is 3.94. The second-order valence-corrected chi connectivity index (χ2v) is 6.84. The summed E-state index contributed by atoms with van der Waals surface area (Å²) in [5, 5.41) is 2.13. The zero-order valence-electron chi connectivity index (χ0n) is 15.1. The molecule has 8 heteroatoms. The van der Waals surface area contributed by atoms with Gasteiger partial charge >= 0.3 is 12.1 Å². The molecule has 1 amide bonds. The molecule has 4 rings (SSSR count). The van der Waals surface area contributed by atoms with Crippen LogP contribution in [0.2, 0.25) is 0 Å². The summed E-state index contributed by atoms with van der Waals surface area (Å²) in [4.78, 5) is 13.5. The fraction of sp³-hybridized carbons (Fsp3) is 0.350. The number of nitrogens with zero attached hydrogens (tertiary/aromatic N) is 1. The number of piperidine rings is 1. The van der Waals surface area contributed by atoms with Crippen LogP contribution in [-0.2, 0) is 4.79 Å².